The van der Waals surface area contributed by atoms with Gasteiger partial charge in [-0.3, -0.25) is 0 Å². The van der Waals surface area contributed by atoms with Crippen molar-refractivity contribution < 1.29 is 5.48 Å². The molecule has 1 aliphatic carbocycles. The van der Waals surface area contributed by atoms with Crippen LogP contribution in [0.3, 0.4) is 0 Å². The zero-order valence-electron chi connectivity index (χ0n) is 11.5. The van der Waals surface area contributed by atoms with Gasteiger partial charge in [0.1, 0.15) is 0 Å². The van der Waals surface area contributed by atoms with Gasteiger partial charge >= 0.3 is 0 Å². The van der Waals surface area contributed by atoms with Crippen LogP contribution in [0.25, 0.3) is 0 Å². The van der Waals surface area contributed by atoms with E-state index in [0.29, 0.717) is 25.7 Å². The molecule has 0 unspecified atom stereocenters. The predicted octanol–water partition coefficient (Wildman–Crippen LogP) is 4.15. The van der Waals surface area contributed by atoms with E-state index in [1.807, 2.05) is 0 Å². The Morgan fingerprint density at radius 3 is 2.55 bits per heavy atom. The number of hydrogen-bond acceptors (Lipinski definition) is 0. The van der Waals surface area contributed by atoms with Gasteiger partial charge in [-0.05, 0) is 5.92 Å². The maximum atomic E-state index is 7.90. The largest absolute Gasteiger partial charge is 0.0654 e. The summed E-state index contributed by atoms with van der Waals surface area (Å²) in [7, 11) is 0. The molecule has 0 saturated heterocycles. The summed E-state index contributed by atoms with van der Waals surface area (Å²) < 4.78 is 31.6. The van der Waals surface area contributed by atoms with Crippen molar-refractivity contribution in [2.75, 3.05) is 0 Å². The summed E-state index contributed by atoms with van der Waals surface area (Å²) in [5.74, 6) is -0.398. The van der Waals surface area contributed by atoms with Crippen LogP contribution in [0.2, 0.25) is 0 Å². The highest BCUT2D eigenvalue weighted by molar-refractivity contribution is 4.65. The fourth-order valence-corrected chi connectivity index (χ4v) is 1.52. The first kappa shape index (κ1) is 4.89. The van der Waals surface area contributed by atoms with Gasteiger partial charge in [0.15, 0.2) is 0 Å². The van der Waals surface area contributed by atoms with Crippen LogP contribution < -0.4 is 0 Å². The van der Waals surface area contributed by atoms with Crippen LogP contribution >= 0.6 is 0 Å². The van der Waals surface area contributed by atoms with E-state index in [1.165, 1.54) is 0 Å². The summed E-state index contributed by atoms with van der Waals surface area (Å²) in [6.45, 7) is 2.12. The summed E-state index contributed by atoms with van der Waals surface area (Å²) in [6, 6.07) is 0. The third-order valence-electron chi connectivity index (χ3n) is 2.23. The maximum absolute atomic E-state index is 7.90. The molecule has 0 radical (unpaired) electrons. The molecule has 0 heteroatoms. The molecule has 66 valence electrons. The Morgan fingerprint density at radius 2 is 1.91 bits per heavy atom. The van der Waals surface area contributed by atoms with Gasteiger partial charge in [-0.1, -0.05) is 64.6 Å². The fraction of sp³-hybridized carbons (Fsp3) is 1.00. The molecule has 1 aliphatic rings. The molecule has 0 aliphatic heterocycles. The molecule has 0 aromatic heterocycles. The SMILES string of the molecule is [2H]C1([2H])CCCC([2H])([2H])C1CCCCC. The van der Waals surface area contributed by atoms with Crippen LogP contribution in [0, 0.1) is 5.92 Å². The van der Waals surface area contributed by atoms with Gasteiger partial charge in [-0.25, -0.2) is 0 Å². The molecule has 1 fully saturated rings. The van der Waals surface area contributed by atoms with Crippen LogP contribution in [-0.2, 0) is 0 Å². The molecule has 0 aromatic rings. The second-order valence-electron chi connectivity index (χ2n) is 3.31. The first-order valence-corrected chi connectivity index (χ1v) is 4.90. The van der Waals surface area contributed by atoms with Crippen molar-refractivity contribution in [3.8, 4) is 0 Å². The molecule has 0 bridgehead atoms. The average Bonchev–Trinajstić information content (AvgIpc) is 2.09. The number of hydrogen-bond donors (Lipinski definition) is 0. The molecule has 0 atom stereocenters. The summed E-state index contributed by atoms with van der Waals surface area (Å²) in [5, 5.41) is 0. The molecular formula is C11H22. The summed E-state index contributed by atoms with van der Waals surface area (Å²) >= 11 is 0. The Labute approximate surface area is 77.0 Å². The summed E-state index contributed by atoms with van der Waals surface area (Å²) in [6.07, 6.45) is 3.01. The highest BCUT2D eigenvalue weighted by Crippen LogP contribution is 2.27. The summed E-state index contributed by atoms with van der Waals surface area (Å²) in [4.78, 5) is 0. The van der Waals surface area contributed by atoms with Crippen molar-refractivity contribution in [1.82, 2.24) is 0 Å². The molecule has 1 rings (SSSR count). The molecular weight excluding hydrogens is 132 g/mol. The van der Waals surface area contributed by atoms with Crippen molar-refractivity contribution in [3.63, 3.8) is 0 Å². The van der Waals surface area contributed by atoms with Gasteiger partial charge < -0.3 is 0 Å². The van der Waals surface area contributed by atoms with E-state index in [0.717, 1.165) is 19.3 Å². The first-order chi connectivity index (χ1) is 6.90. The molecule has 0 heterocycles. The van der Waals surface area contributed by atoms with Crippen molar-refractivity contribution in [3.05, 3.63) is 0 Å². The van der Waals surface area contributed by atoms with Crippen LogP contribution in [0.4, 0.5) is 0 Å². The van der Waals surface area contributed by atoms with E-state index in [9.17, 15) is 0 Å². The van der Waals surface area contributed by atoms with Crippen molar-refractivity contribution in [1.29, 1.82) is 0 Å². The minimum absolute atomic E-state index is 0.398. The van der Waals surface area contributed by atoms with Gasteiger partial charge in [-0.2, -0.15) is 0 Å². The molecule has 11 heavy (non-hydrogen) atoms. The summed E-state index contributed by atoms with van der Waals surface area (Å²) in [5.41, 5.74) is 0. The lowest BCUT2D eigenvalue weighted by Crippen LogP contribution is -2.05. The van der Waals surface area contributed by atoms with Gasteiger partial charge in [0.2, 0.25) is 0 Å². The third kappa shape index (κ3) is 3.79. The van der Waals surface area contributed by atoms with E-state index in [2.05, 4.69) is 6.92 Å². The van der Waals surface area contributed by atoms with Crippen LogP contribution in [0.1, 0.15) is 70.1 Å². The highest BCUT2D eigenvalue weighted by Gasteiger charge is 2.11. The monoisotopic (exact) mass is 158 g/mol. The smallest absolute Gasteiger partial charge is 0.0269 e. The molecule has 0 aromatic carbocycles. The Hall–Kier alpha value is 0. The predicted molar refractivity (Wildman–Crippen MR) is 50.7 cm³/mol. The van der Waals surface area contributed by atoms with E-state index in [-0.39, 0.29) is 0 Å². The van der Waals surface area contributed by atoms with E-state index in [4.69, 9.17) is 5.48 Å². The topological polar surface area (TPSA) is 0 Å². The Morgan fingerprint density at radius 1 is 1.18 bits per heavy atom. The van der Waals surface area contributed by atoms with Crippen LogP contribution in [-0.4, -0.2) is 0 Å². The Balaban J connectivity index is 2.60. The standard InChI is InChI=1S/C11H22/c1-2-3-5-8-11-9-6-4-7-10-11/h11H,2-10H2,1H3/i9D2,10D2. The molecule has 0 spiro atoms. The Bertz CT molecular complexity index is 185. The molecule has 0 nitrogen and oxygen atoms in total. The van der Waals surface area contributed by atoms with Gasteiger partial charge in [0.05, 0.1) is 0 Å². The van der Waals surface area contributed by atoms with Gasteiger partial charge in [0.25, 0.3) is 0 Å². The zero-order valence-corrected chi connectivity index (χ0v) is 7.53. The van der Waals surface area contributed by atoms with Gasteiger partial charge in [-0.15, -0.1) is 0 Å². The average molecular weight is 158 g/mol. The quantitative estimate of drug-likeness (QED) is 0.539. The fourth-order valence-electron chi connectivity index (χ4n) is 1.52. The van der Waals surface area contributed by atoms with E-state index >= 15 is 0 Å². The lowest BCUT2D eigenvalue weighted by molar-refractivity contribution is 0.329. The lowest BCUT2D eigenvalue weighted by atomic mass is 9.86. The second-order valence-corrected chi connectivity index (χ2v) is 3.31. The lowest BCUT2D eigenvalue weighted by Gasteiger charge is -2.20. The molecule has 1 saturated carbocycles. The van der Waals surface area contributed by atoms with E-state index in [1.54, 1.807) is 0 Å². The third-order valence-corrected chi connectivity index (χ3v) is 2.23. The Kier molecular flexibility index (Phi) is 2.50. The first-order valence-electron chi connectivity index (χ1n) is 6.90. The number of rotatable bonds is 4. The maximum Gasteiger partial charge on any atom is 0.0269 e. The van der Waals surface area contributed by atoms with Gasteiger partial charge in [0, 0.05) is 5.48 Å². The zero-order chi connectivity index (χ0) is 11.5. The normalized spacial score (nSPS) is 35.0. The molecule has 0 N–H and O–H groups in total. The number of unbranched alkanes of at least 4 members (excludes halogenated alkanes) is 2. The molecule has 0 amide bonds. The van der Waals surface area contributed by atoms with E-state index < -0.39 is 18.7 Å². The van der Waals surface area contributed by atoms with Crippen molar-refractivity contribution in [2.45, 2.75) is 64.6 Å². The highest BCUT2D eigenvalue weighted by atomic mass is 14.2. The van der Waals surface area contributed by atoms with Crippen LogP contribution in [0.5, 0.6) is 0 Å². The van der Waals surface area contributed by atoms with Crippen LogP contribution in [0.15, 0.2) is 0 Å². The second kappa shape index (κ2) is 5.62. The minimum atomic E-state index is -1.30. The van der Waals surface area contributed by atoms with Crippen molar-refractivity contribution >= 4 is 0 Å². The van der Waals surface area contributed by atoms with Crippen molar-refractivity contribution in [2.24, 2.45) is 5.92 Å². The minimum Gasteiger partial charge on any atom is -0.0654 e.